The number of aliphatic hydroxyl groups is 1. The number of nitro benzene ring substituents is 1. The normalized spacial score (nSPS) is 10.2. The predicted octanol–water partition coefficient (Wildman–Crippen LogP) is 1.93. The van der Waals surface area contributed by atoms with Crippen molar-refractivity contribution in [3.63, 3.8) is 0 Å². The smallest absolute Gasteiger partial charge is 0.275 e. The molecule has 0 heterocycles. The lowest BCUT2D eigenvalue weighted by Crippen LogP contribution is -2.21. The molecule has 0 spiro atoms. The van der Waals surface area contributed by atoms with Crippen molar-refractivity contribution in [2.24, 2.45) is 0 Å². The van der Waals surface area contributed by atoms with Crippen LogP contribution < -0.4 is 4.90 Å². The van der Waals surface area contributed by atoms with Gasteiger partial charge in [-0.25, -0.2) is 0 Å². The number of hydrogen-bond acceptors (Lipinski definition) is 4. The van der Waals surface area contributed by atoms with E-state index in [1.807, 2.05) is 13.8 Å². The fourth-order valence-electron chi connectivity index (χ4n) is 1.66. The molecule has 5 nitrogen and oxygen atoms in total. The zero-order valence-corrected chi connectivity index (χ0v) is 9.51. The Morgan fingerprint density at radius 3 is 2.44 bits per heavy atom. The molecule has 0 radical (unpaired) electrons. The maximum atomic E-state index is 10.7. The van der Waals surface area contributed by atoms with E-state index in [4.69, 9.17) is 5.11 Å². The van der Waals surface area contributed by atoms with Crippen molar-refractivity contribution in [2.75, 3.05) is 18.0 Å². The Kier molecular flexibility index (Phi) is 4.25. The molecule has 0 unspecified atom stereocenters. The van der Waals surface area contributed by atoms with E-state index in [-0.39, 0.29) is 12.3 Å². The van der Waals surface area contributed by atoms with Crippen molar-refractivity contribution in [2.45, 2.75) is 20.5 Å². The maximum Gasteiger partial charge on any atom is 0.275 e. The van der Waals surface area contributed by atoms with Crippen molar-refractivity contribution in [3.05, 3.63) is 33.9 Å². The van der Waals surface area contributed by atoms with Crippen molar-refractivity contribution < 1.29 is 10.0 Å². The van der Waals surface area contributed by atoms with Crippen LogP contribution in [0.15, 0.2) is 18.2 Å². The molecule has 0 aliphatic rings. The van der Waals surface area contributed by atoms with Crippen LogP contribution in [0.1, 0.15) is 19.4 Å². The van der Waals surface area contributed by atoms with E-state index in [0.717, 1.165) is 18.8 Å². The molecule has 0 atom stereocenters. The van der Waals surface area contributed by atoms with Gasteiger partial charge in [-0.3, -0.25) is 10.1 Å². The summed E-state index contributed by atoms with van der Waals surface area (Å²) in [6.45, 7) is 5.39. The summed E-state index contributed by atoms with van der Waals surface area (Å²) in [7, 11) is 0. The lowest BCUT2D eigenvalue weighted by atomic mass is 10.1. The number of rotatable bonds is 5. The maximum absolute atomic E-state index is 10.7. The number of benzene rings is 1. The minimum Gasteiger partial charge on any atom is -0.391 e. The van der Waals surface area contributed by atoms with Gasteiger partial charge in [0, 0.05) is 24.8 Å². The molecule has 1 aromatic carbocycles. The predicted molar refractivity (Wildman–Crippen MR) is 62.6 cm³/mol. The average molecular weight is 224 g/mol. The summed E-state index contributed by atoms with van der Waals surface area (Å²) >= 11 is 0. The van der Waals surface area contributed by atoms with Crippen LogP contribution in [0.3, 0.4) is 0 Å². The molecular weight excluding hydrogens is 208 g/mol. The monoisotopic (exact) mass is 224 g/mol. The van der Waals surface area contributed by atoms with Crippen LogP contribution in [0.25, 0.3) is 0 Å². The first-order valence-electron chi connectivity index (χ1n) is 5.27. The van der Waals surface area contributed by atoms with Gasteiger partial charge in [-0.2, -0.15) is 0 Å². The lowest BCUT2D eigenvalue weighted by Gasteiger charge is -2.21. The minimum absolute atomic E-state index is 0.0293. The number of nitrogens with zero attached hydrogens (tertiary/aromatic N) is 2. The van der Waals surface area contributed by atoms with Crippen LogP contribution in [0.4, 0.5) is 11.4 Å². The second kappa shape index (κ2) is 5.46. The first kappa shape index (κ1) is 12.4. The van der Waals surface area contributed by atoms with Gasteiger partial charge in [-0.15, -0.1) is 0 Å². The van der Waals surface area contributed by atoms with Gasteiger partial charge < -0.3 is 10.0 Å². The van der Waals surface area contributed by atoms with Crippen LogP contribution in [-0.2, 0) is 6.61 Å². The number of anilines is 1. The highest BCUT2D eigenvalue weighted by molar-refractivity contribution is 5.55. The van der Waals surface area contributed by atoms with Gasteiger partial charge in [0.05, 0.1) is 17.1 Å². The summed E-state index contributed by atoms with van der Waals surface area (Å²) in [5.41, 5.74) is 1.23. The van der Waals surface area contributed by atoms with Gasteiger partial charge in [0.1, 0.15) is 0 Å². The van der Waals surface area contributed by atoms with Crippen LogP contribution in [-0.4, -0.2) is 23.1 Å². The molecule has 0 amide bonds. The second-order valence-electron chi connectivity index (χ2n) is 3.40. The number of nitro groups is 1. The molecule has 5 heteroatoms. The van der Waals surface area contributed by atoms with E-state index in [1.165, 1.54) is 6.07 Å². The van der Waals surface area contributed by atoms with Crippen LogP contribution in [0.5, 0.6) is 0 Å². The molecule has 0 fully saturated rings. The van der Waals surface area contributed by atoms with Crippen molar-refractivity contribution in [3.8, 4) is 0 Å². The van der Waals surface area contributed by atoms with Crippen LogP contribution in [0, 0.1) is 10.1 Å². The number of hydrogen-bond donors (Lipinski definition) is 1. The molecule has 0 bridgehead atoms. The summed E-state index contributed by atoms with van der Waals surface area (Å²) in [6.07, 6.45) is 0. The van der Waals surface area contributed by atoms with Crippen LogP contribution >= 0.6 is 0 Å². The molecule has 16 heavy (non-hydrogen) atoms. The van der Waals surface area contributed by atoms with Gasteiger partial charge >= 0.3 is 0 Å². The molecule has 1 N–H and O–H groups in total. The Bertz CT molecular complexity index is 375. The Hall–Kier alpha value is -1.62. The van der Waals surface area contributed by atoms with Gasteiger partial charge in [0.25, 0.3) is 5.69 Å². The number of aliphatic hydroxyl groups excluding tert-OH is 1. The first-order valence-corrected chi connectivity index (χ1v) is 5.27. The molecule has 1 aromatic rings. The van der Waals surface area contributed by atoms with Crippen molar-refractivity contribution in [1.29, 1.82) is 0 Å². The largest absolute Gasteiger partial charge is 0.391 e. The van der Waals surface area contributed by atoms with E-state index in [1.54, 1.807) is 12.1 Å². The molecule has 0 aromatic heterocycles. The first-order chi connectivity index (χ1) is 7.63. The van der Waals surface area contributed by atoms with E-state index in [0.29, 0.717) is 5.56 Å². The highest BCUT2D eigenvalue weighted by Gasteiger charge is 2.14. The van der Waals surface area contributed by atoms with E-state index < -0.39 is 4.92 Å². The van der Waals surface area contributed by atoms with Gasteiger partial charge in [0.15, 0.2) is 0 Å². The highest BCUT2D eigenvalue weighted by Crippen LogP contribution is 2.24. The Labute approximate surface area is 94.5 Å². The molecule has 88 valence electrons. The summed E-state index contributed by atoms with van der Waals surface area (Å²) in [5, 5.41) is 19.8. The van der Waals surface area contributed by atoms with E-state index >= 15 is 0 Å². The third-order valence-corrected chi connectivity index (χ3v) is 2.56. The topological polar surface area (TPSA) is 66.6 Å². The van der Waals surface area contributed by atoms with E-state index in [9.17, 15) is 10.1 Å². The molecule has 1 rings (SSSR count). The zero-order chi connectivity index (χ0) is 12.1. The summed E-state index contributed by atoms with van der Waals surface area (Å²) < 4.78 is 0. The standard InChI is InChI=1S/C11H16N2O3/c1-3-12(4-2)10-5-6-11(13(15)16)9(7-10)8-14/h5-7,14H,3-4,8H2,1-2H3. The Balaban J connectivity index is 3.12. The zero-order valence-electron chi connectivity index (χ0n) is 9.51. The van der Waals surface area contributed by atoms with Gasteiger partial charge in [-0.05, 0) is 26.0 Å². The third kappa shape index (κ3) is 2.49. The van der Waals surface area contributed by atoms with Gasteiger partial charge in [0.2, 0.25) is 0 Å². The van der Waals surface area contributed by atoms with E-state index in [2.05, 4.69) is 4.90 Å². The molecule has 0 aliphatic heterocycles. The average Bonchev–Trinajstić information content (AvgIpc) is 2.30. The third-order valence-electron chi connectivity index (χ3n) is 2.56. The fraction of sp³-hybridized carbons (Fsp3) is 0.455. The van der Waals surface area contributed by atoms with Crippen LogP contribution in [0.2, 0.25) is 0 Å². The quantitative estimate of drug-likeness (QED) is 0.613. The summed E-state index contributed by atoms with van der Waals surface area (Å²) in [6, 6.07) is 4.83. The molecule has 0 saturated carbocycles. The molecular formula is C11H16N2O3. The fourth-order valence-corrected chi connectivity index (χ4v) is 1.66. The lowest BCUT2D eigenvalue weighted by molar-refractivity contribution is -0.385. The Morgan fingerprint density at radius 1 is 1.38 bits per heavy atom. The molecule has 0 aliphatic carbocycles. The second-order valence-corrected chi connectivity index (χ2v) is 3.40. The summed E-state index contributed by atoms with van der Waals surface area (Å²) in [5.74, 6) is 0. The van der Waals surface area contributed by atoms with Crippen molar-refractivity contribution >= 4 is 11.4 Å². The summed E-state index contributed by atoms with van der Waals surface area (Å²) in [4.78, 5) is 12.3. The van der Waals surface area contributed by atoms with Gasteiger partial charge in [-0.1, -0.05) is 0 Å². The highest BCUT2D eigenvalue weighted by atomic mass is 16.6. The Morgan fingerprint density at radius 2 is 2.00 bits per heavy atom. The van der Waals surface area contributed by atoms with Crippen molar-refractivity contribution in [1.82, 2.24) is 0 Å². The molecule has 0 saturated heterocycles. The SMILES string of the molecule is CCN(CC)c1ccc([N+](=O)[O-])c(CO)c1. The minimum atomic E-state index is -0.475.